The van der Waals surface area contributed by atoms with E-state index in [-0.39, 0.29) is 0 Å². The first-order valence-corrected chi connectivity index (χ1v) is 7.98. The molecule has 2 rings (SSSR count). The molecular weight excluding hydrogens is 294 g/mol. The monoisotopic (exact) mass is 321 g/mol. The van der Waals surface area contributed by atoms with Crippen molar-refractivity contribution < 1.29 is 14.2 Å². The Labute approximate surface area is 138 Å². The Morgan fingerprint density at radius 3 is 2.17 bits per heavy atom. The molecule has 0 unspecified atom stereocenters. The highest BCUT2D eigenvalue weighted by atomic mass is 16.5. The Hall–Kier alpha value is -2.11. The third kappa shape index (κ3) is 4.21. The van der Waals surface area contributed by atoms with Gasteiger partial charge in [-0.15, -0.1) is 0 Å². The Balaban J connectivity index is 2.04. The van der Waals surface area contributed by atoms with E-state index in [1.807, 2.05) is 19.2 Å². The zero-order valence-corrected chi connectivity index (χ0v) is 14.5. The number of likely N-dealkylation sites (tertiary alicyclic amines) is 1. The van der Waals surface area contributed by atoms with E-state index in [0.29, 0.717) is 0 Å². The summed E-state index contributed by atoms with van der Waals surface area (Å²) in [4.78, 5) is 6.66. The van der Waals surface area contributed by atoms with Gasteiger partial charge in [0.25, 0.3) is 0 Å². The SMILES string of the molecule is CN=C(NCCc1c(OC)cc(OC)cc1OC)N1CCCC1. The van der Waals surface area contributed by atoms with Gasteiger partial charge in [0.1, 0.15) is 17.2 Å². The summed E-state index contributed by atoms with van der Waals surface area (Å²) in [5.74, 6) is 3.25. The molecule has 1 heterocycles. The second-order valence-electron chi connectivity index (χ2n) is 5.43. The van der Waals surface area contributed by atoms with Gasteiger partial charge in [0, 0.05) is 44.4 Å². The topological polar surface area (TPSA) is 55.3 Å². The second kappa shape index (κ2) is 8.50. The van der Waals surface area contributed by atoms with Gasteiger partial charge >= 0.3 is 0 Å². The van der Waals surface area contributed by atoms with Crippen LogP contribution in [0.3, 0.4) is 0 Å². The lowest BCUT2D eigenvalue weighted by atomic mass is 10.1. The summed E-state index contributed by atoms with van der Waals surface area (Å²) in [6.45, 7) is 2.92. The molecule has 6 heteroatoms. The largest absolute Gasteiger partial charge is 0.496 e. The van der Waals surface area contributed by atoms with Crippen molar-refractivity contribution in [2.24, 2.45) is 4.99 Å². The summed E-state index contributed by atoms with van der Waals surface area (Å²) in [5.41, 5.74) is 1.03. The summed E-state index contributed by atoms with van der Waals surface area (Å²) in [6, 6.07) is 3.76. The third-order valence-corrected chi connectivity index (χ3v) is 4.09. The molecule has 6 nitrogen and oxygen atoms in total. The molecule has 1 aliphatic rings. The molecular formula is C17H27N3O3. The molecule has 0 bridgehead atoms. The zero-order chi connectivity index (χ0) is 16.7. The van der Waals surface area contributed by atoms with E-state index >= 15 is 0 Å². The van der Waals surface area contributed by atoms with E-state index < -0.39 is 0 Å². The molecule has 1 saturated heterocycles. The maximum atomic E-state index is 5.49. The van der Waals surface area contributed by atoms with Crippen molar-refractivity contribution in [1.82, 2.24) is 10.2 Å². The highest BCUT2D eigenvalue weighted by molar-refractivity contribution is 5.80. The number of ether oxygens (including phenoxy) is 3. The van der Waals surface area contributed by atoms with E-state index in [2.05, 4.69) is 15.2 Å². The van der Waals surface area contributed by atoms with Crippen molar-refractivity contribution in [2.45, 2.75) is 19.3 Å². The van der Waals surface area contributed by atoms with Crippen LogP contribution < -0.4 is 19.5 Å². The highest BCUT2D eigenvalue weighted by Crippen LogP contribution is 2.34. The van der Waals surface area contributed by atoms with Gasteiger partial charge in [-0.1, -0.05) is 0 Å². The lowest BCUT2D eigenvalue weighted by Crippen LogP contribution is -2.40. The highest BCUT2D eigenvalue weighted by Gasteiger charge is 2.17. The number of hydrogen-bond acceptors (Lipinski definition) is 4. The first kappa shape index (κ1) is 17.2. The van der Waals surface area contributed by atoms with Crippen molar-refractivity contribution in [1.29, 1.82) is 0 Å². The minimum atomic E-state index is 0.725. The van der Waals surface area contributed by atoms with Crippen molar-refractivity contribution >= 4 is 5.96 Å². The summed E-state index contributed by atoms with van der Waals surface area (Å²) in [7, 11) is 6.79. The molecule has 0 amide bonds. The molecule has 1 aromatic carbocycles. The molecule has 0 radical (unpaired) electrons. The van der Waals surface area contributed by atoms with Crippen LogP contribution in [0.25, 0.3) is 0 Å². The van der Waals surface area contributed by atoms with Crippen molar-refractivity contribution in [3.05, 3.63) is 17.7 Å². The van der Waals surface area contributed by atoms with E-state index in [1.54, 1.807) is 21.3 Å². The predicted octanol–water partition coefficient (Wildman–Crippen LogP) is 1.93. The van der Waals surface area contributed by atoms with Gasteiger partial charge < -0.3 is 24.4 Å². The van der Waals surface area contributed by atoms with E-state index in [1.165, 1.54) is 12.8 Å². The third-order valence-electron chi connectivity index (χ3n) is 4.09. The van der Waals surface area contributed by atoms with Gasteiger partial charge in [-0.2, -0.15) is 0 Å². The Bertz CT molecular complexity index is 515. The van der Waals surface area contributed by atoms with Crippen LogP contribution >= 0.6 is 0 Å². The zero-order valence-electron chi connectivity index (χ0n) is 14.5. The fourth-order valence-electron chi connectivity index (χ4n) is 2.88. The summed E-state index contributed by atoms with van der Waals surface area (Å²) in [6.07, 6.45) is 3.25. The van der Waals surface area contributed by atoms with Crippen molar-refractivity contribution in [3.8, 4) is 17.2 Å². The second-order valence-corrected chi connectivity index (χ2v) is 5.43. The molecule has 0 atom stereocenters. The fraction of sp³-hybridized carbons (Fsp3) is 0.588. The van der Waals surface area contributed by atoms with Crippen LogP contribution in [-0.2, 0) is 6.42 Å². The van der Waals surface area contributed by atoms with Crippen molar-refractivity contribution in [2.75, 3.05) is 48.0 Å². The number of methoxy groups -OCH3 is 3. The van der Waals surface area contributed by atoms with Crippen LogP contribution in [0.5, 0.6) is 17.2 Å². The van der Waals surface area contributed by atoms with Gasteiger partial charge in [0.15, 0.2) is 5.96 Å². The minimum Gasteiger partial charge on any atom is -0.496 e. The number of guanidine groups is 1. The first-order valence-electron chi connectivity index (χ1n) is 7.98. The van der Waals surface area contributed by atoms with Crippen LogP contribution in [0.2, 0.25) is 0 Å². The van der Waals surface area contributed by atoms with Gasteiger partial charge in [-0.25, -0.2) is 0 Å². The van der Waals surface area contributed by atoms with Gasteiger partial charge in [0.05, 0.1) is 21.3 Å². The molecule has 0 spiro atoms. The van der Waals surface area contributed by atoms with Crippen LogP contribution in [0.4, 0.5) is 0 Å². The molecule has 1 aromatic rings. The van der Waals surface area contributed by atoms with Gasteiger partial charge in [0.2, 0.25) is 0 Å². The quantitative estimate of drug-likeness (QED) is 0.641. The predicted molar refractivity (Wildman–Crippen MR) is 92.0 cm³/mol. The standard InChI is InChI=1S/C17H27N3O3/c1-18-17(20-9-5-6-10-20)19-8-7-14-15(22-3)11-13(21-2)12-16(14)23-4/h11-12H,5-10H2,1-4H3,(H,18,19). The average Bonchev–Trinajstić information content (AvgIpc) is 3.12. The van der Waals surface area contributed by atoms with E-state index in [4.69, 9.17) is 14.2 Å². The number of rotatable bonds is 6. The van der Waals surface area contributed by atoms with E-state index in [9.17, 15) is 0 Å². The number of hydrogen-bond donors (Lipinski definition) is 1. The lowest BCUT2D eigenvalue weighted by Gasteiger charge is -2.21. The fourth-order valence-corrected chi connectivity index (χ4v) is 2.88. The number of nitrogens with one attached hydrogen (secondary N) is 1. The maximum Gasteiger partial charge on any atom is 0.193 e. The molecule has 1 fully saturated rings. The Kier molecular flexibility index (Phi) is 6.38. The molecule has 23 heavy (non-hydrogen) atoms. The molecule has 1 N–H and O–H groups in total. The van der Waals surface area contributed by atoms with Crippen LogP contribution in [0.15, 0.2) is 17.1 Å². The molecule has 1 aliphatic heterocycles. The van der Waals surface area contributed by atoms with Crippen LogP contribution in [-0.4, -0.2) is 58.9 Å². The smallest absolute Gasteiger partial charge is 0.193 e. The number of benzene rings is 1. The van der Waals surface area contributed by atoms with Crippen LogP contribution in [0.1, 0.15) is 18.4 Å². The number of nitrogens with zero attached hydrogens (tertiary/aromatic N) is 2. The maximum absolute atomic E-state index is 5.49. The molecule has 0 aliphatic carbocycles. The average molecular weight is 321 g/mol. The normalized spacial score (nSPS) is 14.8. The first-order chi connectivity index (χ1) is 11.2. The summed E-state index contributed by atoms with van der Waals surface area (Å²) >= 11 is 0. The Morgan fingerprint density at radius 2 is 1.70 bits per heavy atom. The number of aliphatic imine (C=N–C) groups is 1. The van der Waals surface area contributed by atoms with Gasteiger partial charge in [-0.05, 0) is 19.3 Å². The minimum absolute atomic E-state index is 0.725. The molecule has 0 aromatic heterocycles. The van der Waals surface area contributed by atoms with Gasteiger partial charge in [-0.3, -0.25) is 4.99 Å². The van der Waals surface area contributed by atoms with Crippen molar-refractivity contribution in [3.63, 3.8) is 0 Å². The summed E-state index contributed by atoms with van der Waals surface area (Å²) in [5, 5.41) is 3.42. The van der Waals surface area contributed by atoms with Crippen LogP contribution in [0, 0.1) is 0 Å². The summed E-state index contributed by atoms with van der Waals surface area (Å²) < 4.78 is 16.3. The molecule has 0 saturated carbocycles. The molecule has 128 valence electrons. The van der Waals surface area contributed by atoms with E-state index in [0.717, 1.165) is 54.8 Å². The Morgan fingerprint density at radius 1 is 1.09 bits per heavy atom. The lowest BCUT2D eigenvalue weighted by molar-refractivity contribution is 0.368.